The Morgan fingerprint density at radius 2 is 1.10 bits per heavy atom. The molecule has 372 valence electrons. The molecule has 0 saturated heterocycles. The fraction of sp³-hybridized carbons (Fsp3) is 0.510. The lowest BCUT2D eigenvalue weighted by Gasteiger charge is -2.25. The topological polar surface area (TPSA) is 240 Å². The van der Waals surface area contributed by atoms with Crippen LogP contribution in [0.3, 0.4) is 0 Å². The normalized spacial score (nSPS) is 13.1. The van der Waals surface area contributed by atoms with Gasteiger partial charge in [0.05, 0.1) is 7.11 Å². The van der Waals surface area contributed by atoms with Gasteiger partial charge in [0.15, 0.2) is 0 Å². The van der Waals surface area contributed by atoms with Crippen molar-refractivity contribution in [1.82, 2.24) is 31.9 Å². The van der Waals surface area contributed by atoms with Gasteiger partial charge in [-0.25, -0.2) is 14.4 Å². The van der Waals surface area contributed by atoms with Gasteiger partial charge in [0.2, 0.25) is 17.7 Å². The highest BCUT2D eigenvalue weighted by Crippen LogP contribution is 2.23. The minimum absolute atomic E-state index is 0.0452. The Kier molecular flexibility index (Phi) is 22.3. The second kappa shape index (κ2) is 27.2. The number of alkyl carbamates (subject to hydrolysis) is 2. The molecule has 7 N–H and O–H groups in total. The molecule has 0 heterocycles. The van der Waals surface area contributed by atoms with E-state index in [4.69, 9.17) is 14.2 Å². The smallest absolute Gasteiger partial charge is 0.407 e. The standard InChI is InChI=1S/C51H72N6O11/c1-10-11-16-34-19-21-35(22-20-34)36-23-25-38(26-24-36)44(59)55-40(17-12-14-31-52-48(64)67-50(3,4)5)45(60)57-42(37-27-29-39(66-9)30-28-37)46(61)54-33(2)43(58)56-41(47(62)63)18-13-15-32-53-49(65)68-51(6,7)8/h19-30,33,40-42H,10-18,31-32H2,1-9H3,(H,52,64)(H,53,65)(H,54,61)(H,55,59)(H,56,58)(H,57,60)(H,62,63)/t33-,40-,41-,42?/m0/s1. The summed E-state index contributed by atoms with van der Waals surface area (Å²) < 4.78 is 15.8. The molecule has 0 fully saturated rings. The summed E-state index contributed by atoms with van der Waals surface area (Å²) in [4.78, 5) is 91.7. The van der Waals surface area contributed by atoms with Crippen molar-refractivity contribution in [3.63, 3.8) is 0 Å². The van der Waals surface area contributed by atoms with Crippen molar-refractivity contribution < 1.29 is 52.9 Å². The molecule has 3 rings (SSSR count). The van der Waals surface area contributed by atoms with Crippen molar-refractivity contribution in [3.05, 3.63) is 89.5 Å². The van der Waals surface area contributed by atoms with Crippen LogP contribution in [0.5, 0.6) is 5.75 Å². The van der Waals surface area contributed by atoms with Crippen LogP contribution in [0.4, 0.5) is 9.59 Å². The Hall–Kier alpha value is -6.65. The Bertz CT molecular complexity index is 2110. The number of aliphatic carboxylic acids is 1. The molecule has 17 nitrogen and oxygen atoms in total. The average Bonchev–Trinajstić information content (AvgIpc) is 3.27. The second-order valence-electron chi connectivity index (χ2n) is 18.6. The number of ether oxygens (including phenoxy) is 3. The third-order valence-electron chi connectivity index (χ3n) is 10.4. The summed E-state index contributed by atoms with van der Waals surface area (Å²) in [5.41, 5.74) is 2.43. The number of amides is 6. The fourth-order valence-electron chi connectivity index (χ4n) is 6.78. The maximum atomic E-state index is 14.3. The molecular weight excluding hydrogens is 873 g/mol. The van der Waals surface area contributed by atoms with Crippen molar-refractivity contribution in [2.24, 2.45) is 0 Å². The summed E-state index contributed by atoms with van der Waals surface area (Å²) in [5, 5.41) is 25.8. The number of nitrogens with one attached hydrogen (secondary N) is 6. The van der Waals surface area contributed by atoms with Gasteiger partial charge < -0.3 is 51.2 Å². The zero-order valence-corrected chi connectivity index (χ0v) is 41.0. The zero-order valence-electron chi connectivity index (χ0n) is 41.0. The molecule has 0 aliphatic rings. The number of carboxylic acids is 1. The molecular formula is C51H72N6O11. The third kappa shape index (κ3) is 20.5. The van der Waals surface area contributed by atoms with Gasteiger partial charge in [0.25, 0.3) is 5.91 Å². The number of carboxylic acid groups (broad SMARTS) is 1. The van der Waals surface area contributed by atoms with Gasteiger partial charge in [-0.15, -0.1) is 0 Å². The molecule has 0 bridgehead atoms. The van der Waals surface area contributed by atoms with E-state index in [9.17, 15) is 38.7 Å². The molecule has 0 saturated carbocycles. The molecule has 3 aromatic rings. The molecule has 68 heavy (non-hydrogen) atoms. The summed E-state index contributed by atoms with van der Waals surface area (Å²) in [5.74, 6) is -3.59. The third-order valence-corrected chi connectivity index (χ3v) is 10.4. The molecule has 6 amide bonds. The number of carbonyl (C=O) groups is 7. The first-order valence-corrected chi connectivity index (χ1v) is 23.3. The van der Waals surface area contributed by atoms with Crippen LogP contribution in [-0.4, -0.2) is 96.4 Å². The quantitative estimate of drug-likeness (QED) is 0.0422. The van der Waals surface area contributed by atoms with Gasteiger partial charge in [0, 0.05) is 18.7 Å². The molecule has 1 unspecified atom stereocenters. The number of unbranched alkanes of at least 4 members (excludes halogenated alkanes) is 3. The molecule has 0 aliphatic carbocycles. The minimum Gasteiger partial charge on any atom is -0.497 e. The van der Waals surface area contributed by atoms with E-state index in [0.29, 0.717) is 42.6 Å². The Morgan fingerprint density at radius 3 is 1.59 bits per heavy atom. The SMILES string of the molecule is CCCCc1ccc(-c2ccc(C(=O)N[C@@H](CCCCNC(=O)OC(C)(C)C)C(=O)NC(C(=O)N[C@@H](C)C(=O)N[C@@H](CCCCNC(=O)OC(C)(C)C)C(=O)O)c3ccc(OC)cc3)cc2)cc1. The van der Waals surface area contributed by atoms with Crippen molar-refractivity contribution >= 4 is 41.8 Å². The molecule has 0 aliphatic heterocycles. The first kappa shape index (κ1) is 55.7. The molecule has 0 radical (unpaired) electrons. The highest BCUT2D eigenvalue weighted by atomic mass is 16.6. The Balaban J connectivity index is 1.77. The van der Waals surface area contributed by atoms with Crippen LogP contribution in [0.2, 0.25) is 0 Å². The van der Waals surface area contributed by atoms with Gasteiger partial charge in [-0.2, -0.15) is 0 Å². The van der Waals surface area contributed by atoms with E-state index in [-0.39, 0.29) is 25.9 Å². The zero-order chi connectivity index (χ0) is 50.4. The first-order valence-electron chi connectivity index (χ1n) is 23.3. The first-order chi connectivity index (χ1) is 32.1. The highest BCUT2D eigenvalue weighted by molar-refractivity contribution is 5.99. The lowest BCUT2D eigenvalue weighted by molar-refractivity contribution is -0.142. The molecule has 3 aromatic carbocycles. The molecule has 4 atom stereocenters. The van der Waals surface area contributed by atoms with Gasteiger partial charge in [-0.05, 0) is 146 Å². The van der Waals surface area contributed by atoms with Crippen molar-refractivity contribution in [1.29, 1.82) is 0 Å². The number of benzene rings is 3. The minimum atomic E-state index is -1.38. The summed E-state index contributed by atoms with van der Waals surface area (Å²) in [6.45, 7) is 14.5. The van der Waals surface area contributed by atoms with E-state index in [1.54, 1.807) is 77.9 Å². The van der Waals surface area contributed by atoms with Crippen LogP contribution < -0.4 is 36.6 Å². The van der Waals surface area contributed by atoms with Crippen LogP contribution >= 0.6 is 0 Å². The van der Waals surface area contributed by atoms with Crippen LogP contribution in [0.15, 0.2) is 72.8 Å². The van der Waals surface area contributed by atoms with Crippen molar-refractivity contribution in [2.45, 2.75) is 149 Å². The maximum Gasteiger partial charge on any atom is 0.407 e. The number of aryl methyl sites for hydroxylation is 1. The van der Waals surface area contributed by atoms with E-state index in [1.807, 2.05) is 24.3 Å². The van der Waals surface area contributed by atoms with E-state index >= 15 is 0 Å². The maximum absolute atomic E-state index is 14.3. The number of hydrogen-bond acceptors (Lipinski definition) is 10. The van der Waals surface area contributed by atoms with Gasteiger partial charge in [0.1, 0.15) is 41.1 Å². The summed E-state index contributed by atoms with van der Waals surface area (Å²) >= 11 is 0. The highest BCUT2D eigenvalue weighted by Gasteiger charge is 2.31. The predicted molar refractivity (Wildman–Crippen MR) is 259 cm³/mol. The largest absolute Gasteiger partial charge is 0.497 e. The van der Waals surface area contributed by atoms with Gasteiger partial charge in [-0.3, -0.25) is 19.2 Å². The van der Waals surface area contributed by atoms with Crippen molar-refractivity contribution in [3.8, 4) is 16.9 Å². The van der Waals surface area contributed by atoms with Crippen LogP contribution in [-0.2, 0) is 35.1 Å². The Morgan fingerprint density at radius 1 is 0.588 bits per heavy atom. The van der Waals surface area contributed by atoms with Gasteiger partial charge >= 0.3 is 18.2 Å². The lowest BCUT2D eigenvalue weighted by Crippen LogP contribution is -2.54. The van der Waals surface area contributed by atoms with E-state index in [1.165, 1.54) is 19.6 Å². The summed E-state index contributed by atoms with van der Waals surface area (Å²) in [6.07, 6.45) is 3.77. The predicted octanol–water partition coefficient (Wildman–Crippen LogP) is 7.12. The molecule has 0 aromatic heterocycles. The summed E-state index contributed by atoms with van der Waals surface area (Å²) in [7, 11) is 1.47. The number of hydrogen-bond donors (Lipinski definition) is 7. The number of methoxy groups -OCH3 is 1. The fourth-order valence-corrected chi connectivity index (χ4v) is 6.78. The average molecular weight is 945 g/mol. The summed E-state index contributed by atoms with van der Waals surface area (Å²) in [6, 6.07) is 16.6. The van der Waals surface area contributed by atoms with Gasteiger partial charge in [-0.1, -0.05) is 61.9 Å². The van der Waals surface area contributed by atoms with Crippen molar-refractivity contribution in [2.75, 3.05) is 20.2 Å². The van der Waals surface area contributed by atoms with E-state index in [2.05, 4.69) is 51.0 Å². The van der Waals surface area contributed by atoms with Crippen LogP contribution in [0.1, 0.15) is 134 Å². The van der Waals surface area contributed by atoms with E-state index in [0.717, 1.165) is 30.4 Å². The Labute approximate surface area is 400 Å². The molecule has 0 spiro atoms. The number of carbonyl (C=O) groups excluding carboxylic acids is 6. The van der Waals surface area contributed by atoms with Crippen LogP contribution in [0.25, 0.3) is 11.1 Å². The molecule has 17 heteroatoms. The second-order valence-corrected chi connectivity index (χ2v) is 18.6. The lowest BCUT2D eigenvalue weighted by atomic mass is 10.0. The number of rotatable bonds is 25. The van der Waals surface area contributed by atoms with Crippen LogP contribution in [0, 0.1) is 0 Å². The monoisotopic (exact) mass is 945 g/mol. The van der Waals surface area contributed by atoms with E-state index < -0.39 is 77.2 Å².